The molecule has 1 aliphatic heterocycles. The van der Waals surface area contributed by atoms with Crippen molar-refractivity contribution in [2.24, 2.45) is 0 Å². The second kappa shape index (κ2) is 6.26. The summed E-state index contributed by atoms with van der Waals surface area (Å²) in [4.78, 5) is 1.23. The molecular formula is C14H11Br2ClO2S. The topological polar surface area (TPSA) is 18.5 Å². The van der Waals surface area contributed by atoms with Gasteiger partial charge in [-0.15, -0.1) is 11.3 Å². The smallest absolute Gasteiger partial charge is 0.162 e. The highest BCUT2D eigenvalue weighted by atomic mass is 79.9. The van der Waals surface area contributed by atoms with Crippen LogP contribution in [0.5, 0.6) is 11.5 Å². The Balaban J connectivity index is 1.99. The molecule has 0 spiro atoms. The van der Waals surface area contributed by atoms with Gasteiger partial charge in [0.05, 0.1) is 21.8 Å². The van der Waals surface area contributed by atoms with Crippen molar-refractivity contribution >= 4 is 54.8 Å². The van der Waals surface area contributed by atoms with Gasteiger partial charge in [-0.05, 0) is 39.7 Å². The Hall–Kier alpha value is -0.230. The zero-order chi connectivity index (χ0) is 14.1. The van der Waals surface area contributed by atoms with Crippen LogP contribution in [0.15, 0.2) is 28.1 Å². The number of fused-ring (bicyclic) bond motifs is 1. The second-order valence-corrected chi connectivity index (χ2v) is 8.19. The van der Waals surface area contributed by atoms with Crippen molar-refractivity contribution in [2.75, 3.05) is 13.2 Å². The van der Waals surface area contributed by atoms with Crippen LogP contribution in [0.3, 0.4) is 0 Å². The predicted molar refractivity (Wildman–Crippen MR) is 89.8 cm³/mol. The van der Waals surface area contributed by atoms with E-state index in [0.717, 1.165) is 27.3 Å². The van der Waals surface area contributed by atoms with Gasteiger partial charge in [0.25, 0.3) is 0 Å². The molecule has 0 amide bonds. The van der Waals surface area contributed by atoms with Crippen LogP contribution >= 0.6 is 54.8 Å². The maximum absolute atomic E-state index is 6.39. The van der Waals surface area contributed by atoms with E-state index < -0.39 is 0 Å². The van der Waals surface area contributed by atoms with E-state index in [0.29, 0.717) is 18.2 Å². The van der Waals surface area contributed by atoms with E-state index in [-0.39, 0.29) is 4.83 Å². The van der Waals surface area contributed by atoms with Crippen LogP contribution in [-0.4, -0.2) is 13.2 Å². The molecule has 1 atom stereocenters. The molecule has 0 saturated heterocycles. The summed E-state index contributed by atoms with van der Waals surface area (Å²) < 4.78 is 12.5. The molecule has 6 heteroatoms. The van der Waals surface area contributed by atoms with Crippen molar-refractivity contribution in [2.45, 2.75) is 11.2 Å². The van der Waals surface area contributed by atoms with Gasteiger partial charge in [0.1, 0.15) is 0 Å². The van der Waals surface area contributed by atoms with Crippen LogP contribution in [0.25, 0.3) is 0 Å². The maximum atomic E-state index is 6.39. The van der Waals surface area contributed by atoms with Gasteiger partial charge < -0.3 is 9.47 Å². The number of alkyl halides is 1. The molecule has 0 N–H and O–H groups in total. The van der Waals surface area contributed by atoms with E-state index in [1.807, 2.05) is 18.2 Å². The lowest BCUT2D eigenvalue weighted by atomic mass is 10.1. The lowest BCUT2D eigenvalue weighted by molar-refractivity contribution is 0.297. The molecule has 0 fully saturated rings. The Morgan fingerprint density at radius 3 is 2.50 bits per heavy atom. The van der Waals surface area contributed by atoms with Crippen LogP contribution in [0.2, 0.25) is 5.02 Å². The lowest BCUT2D eigenvalue weighted by Gasteiger charge is -2.14. The zero-order valence-electron chi connectivity index (χ0n) is 10.4. The highest BCUT2D eigenvalue weighted by Gasteiger charge is 2.20. The summed E-state index contributed by atoms with van der Waals surface area (Å²) in [5, 5.41) is 0.681. The van der Waals surface area contributed by atoms with E-state index in [2.05, 4.69) is 37.9 Å². The molecule has 3 rings (SSSR count). The Morgan fingerprint density at radius 1 is 1.15 bits per heavy atom. The zero-order valence-corrected chi connectivity index (χ0v) is 15.1. The minimum absolute atomic E-state index is 0.0449. The molecule has 1 unspecified atom stereocenters. The molecule has 2 heterocycles. The molecule has 20 heavy (non-hydrogen) atoms. The molecule has 0 saturated carbocycles. The van der Waals surface area contributed by atoms with Gasteiger partial charge in [-0.2, -0.15) is 0 Å². The first kappa shape index (κ1) is 14.7. The van der Waals surface area contributed by atoms with Crippen molar-refractivity contribution in [1.29, 1.82) is 0 Å². The molecule has 2 nitrogen and oxygen atoms in total. The third-order valence-electron chi connectivity index (χ3n) is 2.98. The number of hydrogen-bond acceptors (Lipinski definition) is 3. The van der Waals surface area contributed by atoms with Gasteiger partial charge in [-0.1, -0.05) is 27.5 Å². The largest absolute Gasteiger partial charge is 0.490 e. The van der Waals surface area contributed by atoms with Crippen LogP contribution < -0.4 is 9.47 Å². The second-order valence-electron chi connectivity index (χ2n) is 4.38. The molecule has 0 bridgehead atoms. The van der Waals surface area contributed by atoms with Crippen molar-refractivity contribution in [3.05, 3.63) is 43.5 Å². The number of rotatable bonds is 2. The molecule has 1 aliphatic rings. The lowest BCUT2D eigenvalue weighted by Crippen LogP contribution is -1.97. The van der Waals surface area contributed by atoms with Gasteiger partial charge in [0.15, 0.2) is 11.5 Å². The third kappa shape index (κ3) is 3.01. The van der Waals surface area contributed by atoms with Crippen LogP contribution in [0.1, 0.15) is 21.7 Å². The average molecular weight is 439 g/mol. The minimum atomic E-state index is 0.0449. The standard InChI is InChI=1S/C14H11Br2ClO2S/c15-13-3-2-12(20-13)14(16)8-6-10-11(7-9(8)17)19-5-1-4-18-10/h2-3,6-7,14H,1,4-5H2. The molecular weight excluding hydrogens is 427 g/mol. The monoisotopic (exact) mass is 436 g/mol. The molecule has 1 aromatic heterocycles. The highest BCUT2D eigenvalue weighted by Crippen LogP contribution is 2.44. The summed E-state index contributed by atoms with van der Waals surface area (Å²) >= 11 is 15.3. The van der Waals surface area contributed by atoms with E-state index in [4.69, 9.17) is 21.1 Å². The molecule has 106 valence electrons. The van der Waals surface area contributed by atoms with Gasteiger partial charge in [-0.25, -0.2) is 0 Å². The summed E-state index contributed by atoms with van der Waals surface area (Å²) in [6.45, 7) is 1.34. The molecule has 0 radical (unpaired) electrons. The molecule has 0 aliphatic carbocycles. The molecule has 2 aromatic rings. The number of hydrogen-bond donors (Lipinski definition) is 0. The number of thiophene rings is 1. The van der Waals surface area contributed by atoms with Crippen LogP contribution in [-0.2, 0) is 0 Å². The van der Waals surface area contributed by atoms with Crippen LogP contribution in [0, 0.1) is 0 Å². The van der Waals surface area contributed by atoms with E-state index in [1.165, 1.54) is 4.88 Å². The third-order valence-corrected chi connectivity index (χ3v) is 6.29. The normalized spacial score (nSPS) is 15.8. The number of halogens is 3. The fourth-order valence-electron chi connectivity index (χ4n) is 2.01. The minimum Gasteiger partial charge on any atom is -0.490 e. The number of benzene rings is 1. The fraction of sp³-hybridized carbons (Fsp3) is 0.286. The SMILES string of the molecule is Clc1cc2c(cc1C(Br)c1ccc(Br)s1)OCCCO2. The summed E-state index contributed by atoms with van der Waals surface area (Å²) in [5.41, 5.74) is 0.991. The average Bonchev–Trinajstić information content (AvgIpc) is 2.73. The summed E-state index contributed by atoms with van der Waals surface area (Å²) in [6, 6.07) is 7.92. The number of ether oxygens (including phenoxy) is 2. The fourth-order valence-corrected chi connectivity index (χ4v) is 4.64. The van der Waals surface area contributed by atoms with E-state index in [1.54, 1.807) is 11.3 Å². The summed E-state index contributed by atoms with van der Waals surface area (Å²) in [6.07, 6.45) is 0.886. The van der Waals surface area contributed by atoms with Gasteiger partial charge in [0.2, 0.25) is 0 Å². The van der Waals surface area contributed by atoms with Gasteiger partial charge in [0, 0.05) is 22.4 Å². The van der Waals surface area contributed by atoms with Crippen molar-refractivity contribution in [3.8, 4) is 11.5 Å². The molecule has 1 aromatic carbocycles. The Bertz CT molecular complexity index is 630. The predicted octanol–water partition coefficient (Wildman–Crippen LogP) is 5.81. The van der Waals surface area contributed by atoms with Crippen molar-refractivity contribution in [1.82, 2.24) is 0 Å². The van der Waals surface area contributed by atoms with E-state index >= 15 is 0 Å². The Kier molecular flexibility index (Phi) is 4.60. The first-order chi connectivity index (χ1) is 9.65. The van der Waals surface area contributed by atoms with E-state index in [9.17, 15) is 0 Å². The quantitative estimate of drug-likeness (QED) is 0.551. The van der Waals surface area contributed by atoms with Crippen molar-refractivity contribution in [3.63, 3.8) is 0 Å². The highest BCUT2D eigenvalue weighted by molar-refractivity contribution is 9.11. The summed E-state index contributed by atoms with van der Waals surface area (Å²) in [5.74, 6) is 1.49. The van der Waals surface area contributed by atoms with Gasteiger partial charge >= 0.3 is 0 Å². The first-order valence-corrected chi connectivity index (χ1v) is 9.04. The Morgan fingerprint density at radius 2 is 1.85 bits per heavy atom. The van der Waals surface area contributed by atoms with Gasteiger partial charge in [-0.3, -0.25) is 0 Å². The van der Waals surface area contributed by atoms with Crippen LogP contribution in [0.4, 0.5) is 0 Å². The maximum Gasteiger partial charge on any atom is 0.162 e. The first-order valence-electron chi connectivity index (χ1n) is 6.13. The van der Waals surface area contributed by atoms with Crippen molar-refractivity contribution < 1.29 is 9.47 Å². The summed E-state index contributed by atoms with van der Waals surface area (Å²) in [7, 11) is 0. The Labute approximate surface area is 143 Å².